The first-order valence-electron chi connectivity index (χ1n) is 7.41. The monoisotopic (exact) mass is 362 g/mol. The molecule has 0 unspecified atom stereocenters. The molecule has 14 N–H and O–H groups in total. The molecule has 13 heteroatoms. The first-order chi connectivity index (χ1) is 11.7. The molecule has 0 aliphatic rings. The smallest absolute Gasteiger partial charge is 0.327 e. The van der Waals surface area contributed by atoms with Crippen LogP contribution in [0.25, 0.3) is 0 Å². The van der Waals surface area contributed by atoms with Gasteiger partial charge < -0.3 is 49.7 Å². The number of amides is 3. The number of nitrogens with two attached hydrogens (primary N) is 5. The summed E-state index contributed by atoms with van der Waals surface area (Å²) in [7, 11) is 0. The zero-order valence-electron chi connectivity index (χ0n) is 13.6. The van der Waals surface area contributed by atoms with Crippen LogP contribution in [-0.4, -0.2) is 79.1 Å². The minimum atomic E-state index is -1.33. The highest BCUT2D eigenvalue weighted by atomic mass is 16.4. The van der Waals surface area contributed by atoms with E-state index in [-0.39, 0.29) is 26.2 Å². The van der Waals surface area contributed by atoms with Crippen LogP contribution in [0.2, 0.25) is 0 Å². The topological polar surface area (TPSA) is 255 Å². The molecular weight excluding hydrogens is 336 g/mol. The van der Waals surface area contributed by atoms with E-state index in [2.05, 4.69) is 16.0 Å². The quantitative estimate of drug-likeness (QED) is 0.168. The molecule has 13 nitrogen and oxygen atoms in total. The SMILES string of the molecule is NC[C@H](NC(=O)[C@H](CN)NC(=O)[C@H](CN)NC(=O)[C@@H](N)CN)C(=O)O. The van der Waals surface area contributed by atoms with E-state index in [1.807, 2.05) is 0 Å². The second kappa shape index (κ2) is 11.3. The van der Waals surface area contributed by atoms with E-state index in [4.69, 9.17) is 33.8 Å². The molecule has 0 heterocycles. The third-order valence-corrected chi connectivity index (χ3v) is 3.18. The van der Waals surface area contributed by atoms with E-state index in [1.165, 1.54) is 0 Å². The highest BCUT2D eigenvalue weighted by molar-refractivity contribution is 5.94. The molecule has 25 heavy (non-hydrogen) atoms. The molecule has 3 amide bonds. The van der Waals surface area contributed by atoms with Gasteiger partial charge in [-0.2, -0.15) is 0 Å². The predicted octanol–water partition coefficient (Wildman–Crippen LogP) is -6.31. The van der Waals surface area contributed by atoms with Crippen LogP contribution < -0.4 is 44.6 Å². The fourth-order valence-electron chi connectivity index (χ4n) is 1.61. The Morgan fingerprint density at radius 2 is 1.04 bits per heavy atom. The molecule has 0 aromatic heterocycles. The summed E-state index contributed by atoms with van der Waals surface area (Å²) in [6.45, 7) is -1.06. The molecule has 0 rings (SSSR count). The van der Waals surface area contributed by atoms with Crippen molar-refractivity contribution in [1.29, 1.82) is 0 Å². The summed E-state index contributed by atoms with van der Waals surface area (Å²) in [5, 5.41) is 15.6. The molecule has 0 spiro atoms. The number of carboxylic acids is 1. The van der Waals surface area contributed by atoms with Crippen molar-refractivity contribution in [3.05, 3.63) is 0 Å². The number of carbonyl (C=O) groups excluding carboxylic acids is 3. The normalized spacial score (nSPS) is 15.4. The van der Waals surface area contributed by atoms with Crippen LogP contribution in [0.4, 0.5) is 0 Å². The summed E-state index contributed by atoms with van der Waals surface area (Å²) in [6, 6.07) is -4.76. The molecule has 0 aliphatic carbocycles. The second-order valence-corrected chi connectivity index (χ2v) is 5.07. The Kier molecular flexibility index (Phi) is 10.2. The number of carboxylic acid groups (broad SMARTS) is 1. The number of carbonyl (C=O) groups is 4. The van der Waals surface area contributed by atoms with Gasteiger partial charge in [0.15, 0.2) is 0 Å². The van der Waals surface area contributed by atoms with Gasteiger partial charge >= 0.3 is 5.97 Å². The maximum absolute atomic E-state index is 12.1. The molecule has 0 saturated carbocycles. The summed E-state index contributed by atoms with van der Waals surface area (Å²) in [5.41, 5.74) is 26.8. The lowest BCUT2D eigenvalue weighted by molar-refractivity contribution is -0.142. The van der Waals surface area contributed by atoms with E-state index in [0.717, 1.165) is 0 Å². The van der Waals surface area contributed by atoms with Crippen LogP contribution in [0.1, 0.15) is 0 Å². The van der Waals surface area contributed by atoms with E-state index in [0.29, 0.717) is 0 Å². The lowest BCUT2D eigenvalue weighted by Gasteiger charge is -2.23. The molecular formula is C12H26N8O5. The van der Waals surface area contributed by atoms with Gasteiger partial charge in [0, 0.05) is 26.2 Å². The molecule has 0 fully saturated rings. The van der Waals surface area contributed by atoms with Crippen LogP contribution in [0.3, 0.4) is 0 Å². The van der Waals surface area contributed by atoms with Gasteiger partial charge in [0.2, 0.25) is 17.7 Å². The summed E-state index contributed by atoms with van der Waals surface area (Å²) < 4.78 is 0. The summed E-state index contributed by atoms with van der Waals surface area (Å²) in [4.78, 5) is 46.6. The fourth-order valence-corrected chi connectivity index (χ4v) is 1.61. The molecule has 0 aliphatic heterocycles. The number of nitrogens with one attached hydrogen (secondary N) is 3. The van der Waals surface area contributed by atoms with E-state index in [1.54, 1.807) is 0 Å². The Morgan fingerprint density at radius 3 is 1.36 bits per heavy atom. The Morgan fingerprint density at radius 1 is 0.680 bits per heavy atom. The summed E-state index contributed by atoms with van der Waals surface area (Å²) in [6.07, 6.45) is 0. The third kappa shape index (κ3) is 7.40. The Bertz CT molecular complexity index is 488. The van der Waals surface area contributed by atoms with E-state index in [9.17, 15) is 19.2 Å². The molecule has 0 bridgehead atoms. The Hall–Kier alpha value is -2.32. The van der Waals surface area contributed by atoms with Gasteiger partial charge in [0.05, 0.1) is 6.04 Å². The van der Waals surface area contributed by atoms with Gasteiger partial charge in [-0.1, -0.05) is 0 Å². The average Bonchev–Trinajstić information content (AvgIpc) is 2.59. The zero-order valence-corrected chi connectivity index (χ0v) is 13.6. The van der Waals surface area contributed by atoms with Crippen LogP contribution in [0.15, 0.2) is 0 Å². The number of aliphatic carboxylic acids is 1. The first kappa shape index (κ1) is 22.7. The van der Waals surface area contributed by atoms with Crippen molar-refractivity contribution in [3.63, 3.8) is 0 Å². The van der Waals surface area contributed by atoms with Crippen molar-refractivity contribution < 1.29 is 24.3 Å². The summed E-state index contributed by atoms with van der Waals surface area (Å²) in [5.74, 6) is -3.64. The van der Waals surface area contributed by atoms with Gasteiger partial charge in [-0.05, 0) is 0 Å². The molecule has 0 aromatic carbocycles. The molecule has 144 valence electrons. The van der Waals surface area contributed by atoms with Crippen molar-refractivity contribution in [3.8, 4) is 0 Å². The molecule has 0 radical (unpaired) electrons. The third-order valence-electron chi connectivity index (χ3n) is 3.18. The lowest BCUT2D eigenvalue weighted by atomic mass is 10.2. The minimum absolute atomic E-state index is 0.131. The number of hydrogen-bond donors (Lipinski definition) is 9. The Labute approximate surface area is 144 Å². The average molecular weight is 362 g/mol. The van der Waals surface area contributed by atoms with E-state index < -0.39 is 47.9 Å². The highest BCUT2D eigenvalue weighted by Gasteiger charge is 2.28. The van der Waals surface area contributed by atoms with Gasteiger partial charge in [0.1, 0.15) is 18.1 Å². The van der Waals surface area contributed by atoms with Gasteiger partial charge in [-0.3, -0.25) is 14.4 Å². The first-order valence-corrected chi connectivity index (χ1v) is 7.41. The summed E-state index contributed by atoms with van der Waals surface area (Å²) >= 11 is 0. The Balaban J connectivity index is 4.86. The van der Waals surface area contributed by atoms with Crippen molar-refractivity contribution in [2.75, 3.05) is 26.2 Å². The molecule has 0 saturated heterocycles. The van der Waals surface area contributed by atoms with E-state index >= 15 is 0 Å². The van der Waals surface area contributed by atoms with Crippen LogP contribution in [-0.2, 0) is 19.2 Å². The minimum Gasteiger partial charge on any atom is -0.480 e. The van der Waals surface area contributed by atoms with Crippen molar-refractivity contribution >= 4 is 23.7 Å². The van der Waals surface area contributed by atoms with Gasteiger partial charge in [-0.25, -0.2) is 4.79 Å². The fraction of sp³-hybridized carbons (Fsp3) is 0.667. The number of hydrogen-bond acceptors (Lipinski definition) is 9. The van der Waals surface area contributed by atoms with Crippen LogP contribution >= 0.6 is 0 Å². The van der Waals surface area contributed by atoms with Crippen molar-refractivity contribution in [2.45, 2.75) is 24.2 Å². The second-order valence-electron chi connectivity index (χ2n) is 5.07. The van der Waals surface area contributed by atoms with Crippen LogP contribution in [0, 0.1) is 0 Å². The maximum atomic E-state index is 12.1. The zero-order chi connectivity index (χ0) is 19.6. The standard InChI is InChI=1S/C12H26N8O5/c13-1-5(17)9(21)18-6(2-14)10(22)19-7(3-15)11(23)20-8(4-16)12(24)25/h5-8H,1-4,13-17H2,(H,18,21)(H,19,22)(H,20,23)(H,24,25)/t5-,6-,7-,8-/m0/s1. The van der Waals surface area contributed by atoms with Gasteiger partial charge in [-0.15, -0.1) is 0 Å². The lowest BCUT2D eigenvalue weighted by Crippen LogP contribution is -2.61. The predicted molar refractivity (Wildman–Crippen MR) is 87.6 cm³/mol. The van der Waals surface area contributed by atoms with Gasteiger partial charge in [0.25, 0.3) is 0 Å². The molecule has 0 aromatic rings. The van der Waals surface area contributed by atoms with Crippen molar-refractivity contribution in [1.82, 2.24) is 16.0 Å². The van der Waals surface area contributed by atoms with Crippen LogP contribution in [0.5, 0.6) is 0 Å². The highest BCUT2D eigenvalue weighted by Crippen LogP contribution is 1.91. The number of rotatable bonds is 11. The maximum Gasteiger partial charge on any atom is 0.327 e. The van der Waals surface area contributed by atoms with Crippen molar-refractivity contribution in [2.24, 2.45) is 28.7 Å². The molecule has 4 atom stereocenters. The largest absolute Gasteiger partial charge is 0.480 e.